The lowest BCUT2D eigenvalue weighted by Crippen LogP contribution is -2.24. The van der Waals surface area contributed by atoms with Crippen LogP contribution in [0.1, 0.15) is 33.7 Å². The van der Waals surface area contributed by atoms with E-state index < -0.39 is 0 Å². The number of benzene rings is 2. The number of carbonyl (C=O) groups excluding carboxylic acids is 1. The Morgan fingerprint density at radius 1 is 1.00 bits per heavy atom. The topological polar surface area (TPSA) is 73.0 Å². The van der Waals surface area contributed by atoms with Gasteiger partial charge < -0.3 is 14.3 Å². The van der Waals surface area contributed by atoms with E-state index in [-0.39, 0.29) is 11.7 Å². The first-order chi connectivity index (χ1) is 17.7. The Bertz CT molecular complexity index is 1430. The van der Waals surface area contributed by atoms with Crippen LogP contribution < -0.4 is 5.32 Å². The first-order valence-electron chi connectivity index (χ1n) is 11.7. The van der Waals surface area contributed by atoms with Gasteiger partial charge in [-0.1, -0.05) is 36.0 Å². The van der Waals surface area contributed by atoms with Crippen molar-refractivity contribution in [3.05, 3.63) is 114 Å². The average molecular weight is 501 g/mol. The summed E-state index contributed by atoms with van der Waals surface area (Å²) in [6.07, 6.45) is 5.00. The van der Waals surface area contributed by atoms with Crippen LogP contribution in [0.5, 0.6) is 0 Å². The first kappa shape index (κ1) is 23.8. The number of hydrogen-bond acceptors (Lipinski definition) is 5. The number of aryl methyl sites for hydroxylation is 1. The smallest absolute Gasteiger partial charge is 0.251 e. The summed E-state index contributed by atoms with van der Waals surface area (Å²) < 4.78 is 20.7. The summed E-state index contributed by atoms with van der Waals surface area (Å²) in [6, 6.07) is 21.8. The highest BCUT2D eigenvalue weighted by atomic mass is 32.2. The van der Waals surface area contributed by atoms with Crippen LogP contribution >= 0.6 is 11.8 Å². The lowest BCUT2D eigenvalue weighted by molar-refractivity contribution is 0.0953. The van der Waals surface area contributed by atoms with E-state index >= 15 is 0 Å². The maximum absolute atomic E-state index is 13.2. The number of halogens is 1. The number of aromatic nitrogens is 3. The number of imidazole rings is 1. The van der Waals surface area contributed by atoms with Gasteiger partial charge in [-0.2, -0.15) is 0 Å². The highest BCUT2D eigenvalue weighted by Gasteiger charge is 2.13. The minimum atomic E-state index is -0.244. The molecule has 0 saturated carbocycles. The monoisotopic (exact) mass is 500 g/mol. The van der Waals surface area contributed by atoms with Gasteiger partial charge in [0.15, 0.2) is 10.8 Å². The molecule has 0 bridgehead atoms. The molecule has 0 radical (unpaired) electrons. The van der Waals surface area contributed by atoms with Crippen molar-refractivity contribution in [2.24, 2.45) is 0 Å². The van der Waals surface area contributed by atoms with Gasteiger partial charge in [0.25, 0.3) is 5.91 Å². The molecule has 1 N–H and O–H groups in total. The molecule has 0 fully saturated rings. The molecule has 0 aliphatic carbocycles. The number of hydrogen-bond donors (Lipinski definition) is 1. The van der Waals surface area contributed by atoms with Gasteiger partial charge in [0, 0.05) is 30.5 Å². The van der Waals surface area contributed by atoms with Crippen molar-refractivity contribution in [1.29, 1.82) is 0 Å². The third-order valence-corrected chi connectivity index (χ3v) is 6.84. The number of rotatable bonds is 10. The number of thioether (sulfide) groups is 1. The van der Waals surface area contributed by atoms with Gasteiger partial charge in [-0.15, -0.1) is 0 Å². The SMILES string of the molecule is O=C(NCCCc1ccco1)c1ccc(Cn2c(SCc3ccc(F)cc3)nc3ncccc32)cc1. The molecule has 0 aliphatic heterocycles. The molecule has 3 heterocycles. The van der Waals surface area contributed by atoms with Crippen molar-refractivity contribution >= 4 is 28.8 Å². The second-order valence-corrected chi connectivity index (χ2v) is 9.32. The number of amides is 1. The Morgan fingerprint density at radius 2 is 1.81 bits per heavy atom. The van der Waals surface area contributed by atoms with Gasteiger partial charge in [0.1, 0.15) is 11.6 Å². The molecule has 1 amide bonds. The molecule has 0 unspecified atom stereocenters. The number of fused-ring (bicyclic) bond motifs is 1. The molecule has 3 aromatic heterocycles. The van der Waals surface area contributed by atoms with Crippen LogP contribution in [0.4, 0.5) is 4.39 Å². The van der Waals surface area contributed by atoms with Crippen molar-refractivity contribution < 1.29 is 13.6 Å². The van der Waals surface area contributed by atoms with Crippen LogP contribution in [0.25, 0.3) is 11.2 Å². The van der Waals surface area contributed by atoms with E-state index in [1.165, 1.54) is 12.1 Å². The van der Waals surface area contributed by atoms with Crippen molar-refractivity contribution in [1.82, 2.24) is 19.9 Å². The molecule has 182 valence electrons. The van der Waals surface area contributed by atoms with Gasteiger partial charge in [-0.3, -0.25) is 4.79 Å². The second-order valence-electron chi connectivity index (χ2n) is 8.38. The van der Waals surface area contributed by atoms with E-state index in [2.05, 4.69) is 14.9 Å². The van der Waals surface area contributed by atoms with Crippen LogP contribution in [0.15, 0.2) is 94.8 Å². The largest absolute Gasteiger partial charge is 0.469 e. The van der Waals surface area contributed by atoms with Gasteiger partial charge in [0.05, 0.1) is 18.3 Å². The summed E-state index contributed by atoms with van der Waals surface area (Å²) in [7, 11) is 0. The van der Waals surface area contributed by atoms with Crippen molar-refractivity contribution in [3.8, 4) is 0 Å². The molecule has 0 spiro atoms. The standard InChI is InChI=1S/C28H25FN4O2S/c29-23-13-9-21(10-14-23)19-36-28-32-26-25(6-2-15-30-26)33(28)18-20-7-11-22(12-8-20)27(34)31-16-1-4-24-5-3-17-35-24/h2-3,5-15,17H,1,4,16,18-19H2,(H,31,34). The third kappa shape index (κ3) is 5.83. The van der Waals surface area contributed by atoms with E-state index in [0.717, 1.165) is 40.4 Å². The zero-order valence-electron chi connectivity index (χ0n) is 19.6. The molecule has 8 heteroatoms. The molecule has 5 aromatic rings. The summed E-state index contributed by atoms with van der Waals surface area (Å²) >= 11 is 1.59. The normalized spacial score (nSPS) is 11.1. The van der Waals surface area contributed by atoms with E-state index in [9.17, 15) is 9.18 Å². The molecule has 36 heavy (non-hydrogen) atoms. The Labute approximate surface area is 212 Å². The van der Waals surface area contributed by atoms with Crippen LogP contribution in [0.3, 0.4) is 0 Å². The summed E-state index contributed by atoms with van der Waals surface area (Å²) in [5.74, 6) is 1.26. The molecular formula is C28H25FN4O2S. The van der Waals surface area contributed by atoms with Gasteiger partial charge in [-0.05, 0) is 66.1 Å². The maximum atomic E-state index is 13.2. The molecular weight excluding hydrogens is 475 g/mol. The lowest BCUT2D eigenvalue weighted by atomic mass is 10.1. The van der Waals surface area contributed by atoms with Crippen LogP contribution in [0, 0.1) is 5.82 Å². The number of nitrogens with zero attached hydrogens (tertiary/aromatic N) is 3. The lowest BCUT2D eigenvalue weighted by Gasteiger charge is -2.10. The Morgan fingerprint density at radius 3 is 2.58 bits per heavy atom. The highest BCUT2D eigenvalue weighted by molar-refractivity contribution is 7.98. The van der Waals surface area contributed by atoms with E-state index in [1.54, 1.807) is 36.4 Å². The molecule has 0 atom stereocenters. The van der Waals surface area contributed by atoms with E-state index in [1.807, 2.05) is 48.5 Å². The average Bonchev–Trinajstić information content (AvgIpc) is 3.55. The molecule has 6 nitrogen and oxygen atoms in total. The predicted molar refractivity (Wildman–Crippen MR) is 138 cm³/mol. The minimum absolute atomic E-state index is 0.0891. The fourth-order valence-corrected chi connectivity index (χ4v) is 4.85. The molecule has 5 rings (SSSR count). The molecule has 0 saturated heterocycles. The highest BCUT2D eigenvalue weighted by Crippen LogP contribution is 2.27. The summed E-state index contributed by atoms with van der Waals surface area (Å²) in [4.78, 5) is 21.6. The fourth-order valence-electron chi connectivity index (χ4n) is 3.90. The summed E-state index contributed by atoms with van der Waals surface area (Å²) in [6.45, 7) is 1.18. The predicted octanol–water partition coefficient (Wildman–Crippen LogP) is 5.87. The van der Waals surface area contributed by atoms with Crippen molar-refractivity contribution in [3.63, 3.8) is 0 Å². The van der Waals surface area contributed by atoms with Crippen molar-refractivity contribution in [2.75, 3.05) is 6.54 Å². The fraction of sp³-hybridized carbons (Fsp3) is 0.179. The van der Waals surface area contributed by atoms with Crippen LogP contribution in [-0.4, -0.2) is 27.0 Å². The van der Waals surface area contributed by atoms with E-state index in [0.29, 0.717) is 30.1 Å². The van der Waals surface area contributed by atoms with Crippen LogP contribution in [-0.2, 0) is 18.7 Å². The van der Waals surface area contributed by atoms with E-state index in [4.69, 9.17) is 9.40 Å². The Kier molecular flexibility index (Phi) is 7.42. The molecule has 0 aliphatic rings. The molecule has 2 aromatic carbocycles. The number of carbonyl (C=O) groups is 1. The first-order valence-corrected chi connectivity index (χ1v) is 12.7. The Hall–Kier alpha value is -3.91. The minimum Gasteiger partial charge on any atom is -0.469 e. The van der Waals surface area contributed by atoms with Gasteiger partial charge >= 0.3 is 0 Å². The zero-order chi connectivity index (χ0) is 24.7. The summed E-state index contributed by atoms with van der Waals surface area (Å²) in [5, 5.41) is 3.80. The van der Waals surface area contributed by atoms with Gasteiger partial charge in [0.2, 0.25) is 0 Å². The van der Waals surface area contributed by atoms with Crippen LogP contribution in [0.2, 0.25) is 0 Å². The number of pyridine rings is 1. The number of furan rings is 1. The quantitative estimate of drug-likeness (QED) is 0.192. The van der Waals surface area contributed by atoms with Gasteiger partial charge in [-0.25, -0.2) is 14.4 Å². The third-order valence-electron chi connectivity index (χ3n) is 5.79. The zero-order valence-corrected chi connectivity index (χ0v) is 20.4. The summed E-state index contributed by atoms with van der Waals surface area (Å²) in [5.41, 5.74) is 4.32. The van der Waals surface area contributed by atoms with Crippen molar-refractivity contribution in [2.45, 2.75) is 30.3 Å². The maximum Gasteiger partial charge on any atom is 0.251 e. The Balaban J connectivity index is 1.24. The number of nitrogens with one attached hydrogen (secondary N) is 1. The second kappa shape index (κ2) is 11.2.